The second-order valence-corrected chi connectivity index (χ2v) is 3.88. The van der Waals surface area contributed by atoms with Crippen LogP contribution >= 0.6 is 0 Å². The van der Waals surface area contributed by atoms with Gasteiger partial charge in [-0.3, -0.25) is 0 Å². The number of phenolic OH excluding ortho intramolecular Hbond substituents is 1. The van der Waals surface area contributed by atoms with Crippen LogP contribution in [0.1, 0.15) is 29.2 Å². The molecule has 0 aliphatic heterocycles. The smallest absolute Gasteiger partial charge is 0.164 e. The molecule has 16 heavy (non-hydrogen) atoms. The van der Waals surface area contributed by atoms with Crippen molar-refractivity contribution in [1.29, 1.82) is 0 Å². The zero-order valence-electron chi connectivity index (χ0n) is 9.95. The molecular weight excluding hydrogens is 206 g/mol. The van der Waals surface area contributed by atoms with Crippen LogP contribution in [0, 0.1) is 13.8 Å². The first-order valence-electron chi connectivity index (χ1n) is 5.28. The summed E-state index contributed by atoms with van der Waals surface area (Å²) in [7, 11) is 1.50. The Kier molecular flexibility index (Phi) is 4.15. The molecule has 90 valence electrons. The molecule has 4 heteroatoms. The van der Waals surface area contributed by atoms with Crippen LogP contribution < -0.4 is 10.5 Å². The van der Waals surface area contributed by atoms with Crippen LogP contribution in [0.25, 0.3) is 0 Å². The Morgan fingerprint density at radius 3 is 2.56 bits per heavy atom. The van der Waals surface area contributed by atoms with Crippen molar-refractivity contribution in [3.05, 3.63) is 22.8 Å². The largest absolute Gasteiger partial charge is 0.504 e. The quantitative estimate of drug-likeness (QED) is 0.724. The molecule has 4 N–H and O–H groups in total. The van der Waals surface area contributed by atoms with Gasteiger partial charge in [-0.05, 0) is 44.0 Å². The van der Waals surface area contributed by atoms with Crippen molar-refractivity contribution in [2.75, 3.05) is 13.7 Å². The predicted octanol–water partition coefficient (Wildman–Crippen LogP) is 1.40. The van der Waals surface area contributed by atoms with Gasteiger partial charge >= 0.3 is 0 Å². The van der Waals surface area contributed by atoms with Gasteiger partial charge in [0.15, 0.2) is 11.5 Å². The van der Waals surface area contributed by atoms with Crippen LogP contribution in [-0.2, 0) is 0 Å². The van der Waals surface area contributed by atoms with Gasteiger partial charge in [0.25, 0.3) is 0 Å². The summed E-state index contributed by atoms with van der Waals surface area (Å²) in [6.07, 6.45) is -0.119. The minimum atomic E-state index is -0.613. The summed E-state index contributed by atoms with van der Waals surface area (Å²) >= 11 is 0. The molecule has 1 unspecified atom stereocenters. The number of aliphatic hydroxyl groups excluding tert-OH is 1. The number of phenols is 1. The van der Waals surface area contributed by atoms with Gasteiger partial charge in [-0.15, -0.1) is 0 Å². The van der Waals surface area contributed by atoms with Gasteiger partial charge in [-0.25, -0.2) is 0 Å². The molecule has 1 atom stereocenters. The van der Waals surface area contributed by atoms with Gasteiger partial charge in [0.1, 0.15) is 0 Å². The van der Waals surface area contributed by atoms with E-state index < -0.39 is 6.10 Å². The van der Waals surface area contributed by atoms with Gasteiger partial charge < -0.3 is 20.7 Å². The Balaban J connectivity index is 3.25. The number of hydrogen-bond donors (Lipinski definition) is 3. The lowest BCUT2D eigenvalue weighted by atomic mass is 9.97. The van der Waals surface area contributed by atoms with E-state index in [1.54, 1.807) is 13.0 Å². The van der Waals surface area contributed by atoms with Crippen molar-refractivity contribution in [1.82, 2.24) is 0 Å². The molecule has 0 aliphatic carbocycles. The van der Waals surface area contributed by atoms with Crippen LogP contribution in [0.5, 0.6) is 11.5 Å². The standard InChI is InChI=1S/C12H19NO3/c1-7-6-9(10(14)4-5-13)8(2)12(16-3)11(7)15/h6,10,14-15H,4-5,13H2,1-3H3. The summed E-state index contributed by atoms with van der Waals surface area (Å²) in [6.45, 7) is 4.01. The van der Waals surface area contributed by atoms with Crippen molar-refractivity contribution in [2.24, 2.45) is 5.73 Å². The molecule has 1 aromatic carbocycles. The molecule has 4 nitrogen and oxygen atoms in total. The third-order valence-corrected chi connectivity index (χ3v) is 2.74. The number of aromatic hydroxyl groups is 1. The number of aryl methyl sites for hydroxylation is 1. The SMILES string of the molecule is COc1c(C)c(C(O)CCN)cc(C)c1O. The Morgan fingerprint density at radius 1 is 1.44 bits per heavy atom. The number of methoxy groups -OCH3 is 1. The summed E-state index contributed by atoms with van der Waals surface area (Å²) in [5, 5.41) is 19.7. The maximum atomic E-state index is 9.92. The molecule has 1 rings (SSSR count). The van der Waals surface area contributed by atoms with E-state index in [1.165, 1.54) is 7.11 Å². The average Bonchev–Trinajstić information content (AvgIpc) is 2.24. The third-order valence-electron chi connectivity index (χ3n) is 2.74. The Hall–Kier alpha value is -1.26. The van der Waals surface area contributed by atoms with Crippen molar-refractivity contribution >= 4 is 0 Å². The molecule has 0 saturated heterocycles. The molecular formula is C12H19NO3. The average molecular weight is 225 g/mol. The normalized spacial score (nSPS) is 12.6. The van der Waals surface area contributed by atoms with Crippen LogP contribution in [0.4, 0.5) is 0 Å². The summed E-state index contributed by atoms with van der Waals surface area (Å²) in [5.74, 6) is 0.551. The van der Waals surface area contributed by atoms with Crippen LogP contribution in [0.2, 0.25) is 0 Å². The van der Waals surface area contributed by atoms with E-state index in [1.807, 2.05) is 6.92 Å². The molecule has 0 spiro atoms. The highest BCUT2D eigenvalue weighted by Gasteiger charge is 2.17. The van der Waals surface area contributed by atoms with Crippen molar-refractivity contribution in [3.8, 4) is 11.5 Å². The van der Waals surface area contributed by atoms with E-state index in [2.05, 4.69) is 0 Å². The van der Waals surface area contributed by atoms with Gasteiger partial charge in [0.05, 0.1) is 13.2 Å². The highest BCUT2D eigenvalue weighted by Crippen LogP contribution is 2.37. The summed E-state index contributed by atoms with van der Waals surface area (Å²) in [4.78, 5) is 0. The lowest BCUT2D eigenvalue weighted by Crippen LogP contribution is -2.09. The Morgan fingerprint density at radius 2 is 2.06 bits per heavy atom. The highest BCUT2D eigenvalue weighted by molar-refractivity contribution is 5.54. The maximum Gasteiger partial charge on any atom is 0.164 e. The molecule has 0 saturated carbocycles. The predicted molar refractivity (Wildman–Crippen MR) is 62.8 cm³/mol. The first kappa shape index (κ1) is 12.8. The second kappa shape index (κ2) is 5.18. The fourth-order valence-electron chi connectivity index (χ4n) is 1.81. The molecule has 0 aromatic heterocycles. The number of ether oxygens (including phenoxy) is 1. The summed E-state index contributed by atoms with van der Waals surface area (Å²) in [5.41, 5.74) is 7.62. The van der Waals surface area contributed by atoms with E-state index in [9.17, 15) is 10.2 Å². The number of rotatable bonds is 4. The van der Waals surface area contributed by atoms with Gasteiger partial charge in [0, 0.05) is 5.56 Å². The van der Waals surface area contributed by atoms with Gasteiger partial charge in [-0.2, -0.15) is 0 Å². The van der Waals surface area contributed by atoms with Crippen molar-refractivity contribution in [2.45, 2.75) is 26.4 Å². The zero-order valence-corrected chi connectivity index (χ0v) is 9.95. The number of hydrogen-bond acceptors (Lipinski definition) is 4. The third kappa shape index (κ3) is 2.28. The molecule has 0 amide bonds. The van der Waals surface area contributed by atoms with E-state index in [0.717, 1.165) is 11.1 Å². The molecule has 0 heterocycles. The molecule has 0 bridgehead atoms. The Bertz CT molecular complexity index is 377. The fraction of sp³-hybridized carbons (Fsp3) is 0.500. The number of aliphatic hydroxyl groups is 1. The summed E-state index contributed by atoms with van der Waals surface area (Å²) in [6, 6.07) is 1.77. The number of nitrogens with two attached hydrogens (primary N) is 1. The van der Waals surface area contributed by atoms with E-state index in [-0.39, 0.29) is 5.75 Å². The van der Waals surface area contributed by atoms with Gasteiger partial charge in [0.2, 0.25) is 0 Å². The first-order valence-corrected chi connectivity index (χ1v) is 5.28. The fourth-order valence-corrected chi connectivity index (χ4v) is 1.81. The topological polar surface area (TPSA) is 75.7 Å². The van der Waals surface area contributed by atoms with Crippen molar-refractivity contribution < 1.29 is 14.9 Å². The molecule has 0 radical (unpaired) electrons. The Labute approximate surface area is 95.7 Å². The maximum absolute atomic E-state index is 9.92. The lowest BCUT2D eigenvalue weighted by molar-refractivity contribution is 0.169. The first-order chi connectivity index (χ1) is 7.52. The van der Waals surface area contributed by atoms with Crippen LogP contribution in [0.15, 0.2) is 6.07 Å². The van der Waals surface area contributed by atoms with E-state index in [0.29, 0.717) is 24.3 Å². The van der Waals surface area contributed by atoms with E-state index >= 15 is 0 Å². The lowest BCUT2D eigenvalue weighted by Gasteiger charge is -2.18. The second-order valence-electron chi connectivity index (χ2n) is 3.88. The molecule has 0 aliphatic rings. The highest BCUT2D eigenvalue weighted by atomic mass is 16.5. The van der Waals surface area contributed by atoms with E-state index in [4.69, 9.17) is 10.5 Å². The number of benzene rings is 1. The minimum Gasteiger partial charge on any atom is -0.504 e. The van der Waals surface area contributed by atoms with Crippen molar-refractivity contribution in [3.63, 3.8) is 0 Å². The molecule has 0 fully saturated rings. The monoisotopic (exact) mass is 225 g/mol. The van der Waals surface area contributed by atoms with Crippen LogP contribution in [-0.4, -0.2) is 23.9 Å². The summed E-state index contributed by atoms with van der Waals surface area (Å²) < 4.78 is 5.13. The molecule has 1 aromatic rings. The zero-order chi connectivity index (χ0) is 12.3. The minimum absolute atomic E-state index is 0.128. The van der Waals surface area contributed by atoms with Gasteiger partial charge in [-0.1, -0.05) is 0 Å². The van der Waals surface area contributed by atoms with Crippen LogP contribution in [0.3, 0.4) is 0 Å².